The molecule has 1 rings (SSSR count). The predicted molar refractivity (Wildman–Crippen MR) is 117 cm³/mol. The molecule has 28 heavy (non-hydrogen) atoms. The average Bonchev–Trinajstić information content (AvgIpc) is 2.63. The summed E-state index contributed by atoms with van der Waals surface area (Å²) in [7, 11) is 0. The molecular weight excluding hydrogens is 492 g/mol. The summed E-state index contributed by atoms with van der Waals surface area (Å²) >= 11 is 7.14. The molecule has 156 valence electrons. The van der Waals surface area contributed by atoms with Gasteiger partial charge in [0.05, 0.1) is 15.6 Å². The van der Waals surface area contributed by atoms with Crippen molar-refractivity contribution in [3.63, 3.8) is 0 Å². The summed E-state index contributed by atoms with van der Waals surface area (Å²) in [6.07, 6.45) is 1.67. The minimum absolute atomic E-state index is 0.0269. The lowest BCUT2D eigenvalue weighted by atomic mass is 9.75. The molecule has 0 unspecified atom stereocenters. The molecule has 0 bridgehead atoms. The number of hydrogen-bond donors (Lipinski definition) is 0. The SMILES string of the molecule is C=CC(=O)OCCCC(=O)OCCOc1c(Br)cc(C(C)(C)C(C)C)cc1Br. The lowest BCUT2D eigenvalue weighted by Gasteiger charge is -2.30. The minimum atomic E-state index is -0.499. The standard InChI is InChI=1S/C21H28Br2O5/c1-6-18(24)26-9-7-8-19(25)27-10-11-28-20-16(22)12-15(13-17(20)23)21(4,5)14(2)3/h6,12-14H,1,7-11H2,2-5H3. The van der Waals surface area contributed by atoms with Crippen LogP contribution in [0.15, 0.2) is 33.7 Å². The third-order valence-corrected chi connectivity index (χ3v) is 5.89. The smallest absolute Gasteiger partial charge is 0.330 e. The summed E-state index contributed by atoms with van der Waals surface area (Å²) in [5.41, 5.74) is 1.23. The zero-order valence-corrected chi connectivity index (χ0v) is 20.0. The van der Waals surface area contributed by atoms with E-state index in [0.717, 1.165) is 15.0 Å². The van der Waals surface area contributed by atoms with Crippen LogP contribution in [0.4, 0.5) is 0 Å². The Bertz CT molecular complexity index is 675. The van der Waals surface area contributed by atoms with Crippen LogP contribution >= 0.6 is 31.9 Å². The van der Waals surface area contributed by atoms with E-state index in [9.17, 15) is 9.59 Å². The van der Waals surface area contributed by atoms with E-state index in [0.29, 0.717) is 18.1 Å². The molecule has 0 aliphatic heterocycles. The van der Waals surface area contributed by atoms with E-state index < -0.39 is 5.97 Å². The van der Waals surface area contributed by atoms with Crippen molar-refractivity contribution in [1.29, 1.82) is 0 Å². The van der Waals surface area contributed by atoms with E-state index in [1.165, 1.54) is 5.56 Å². The van der Waals surface area contributed by atoms with Crippen molar-refractivity contribution >= 4 is 43.8 Å². The van der Waals surface area contributed by atoms with Crippen molar-refractivity contribution in [2.45, 2.75) is 46.0 Å². The van der Waals surface area contributed by atoms with Crippen molar-refractivity contribution in [2.75, 3.05) is 19.8 Å². The van der Waals surface area contributed by atoms with Gasteiger partial charge in [0.1, 0.15) is 19.0 Å². The summed E-state index contributed by atoms with van der Waals surface area (Å²) in [6, 6.07) is 4.13. The van der Waals surface area contributed by atoms with Crippen LogP contribution in [0.3, 0.4) is 0 Å². The van der Waals surface area contributed by atoms with Gasteiger partial charge >= 0.3 is 11.9 Å². The molecule has 5 nitrogen and oxygen atoms in total. The van der Waals surface area contributed by atoms with Crippen molar-refractivity contribution < 1.29 is 23.8 Å². The first-order valence-electron chi connectivity index (χ1n) is 9.16. The van der Waals surface area contributed by atoms with Gasteiger partial charge in [0.25, 0.3) is 0 Å². The van der Waals surface area contributed by atoms with Crippen LogP contribution in [-0.2, 0) is 24.5 Å². The Morgan fingerprint density at radius 2 is 1.71 bits per heavy atom. The van der Waals surface area contributed by atoms with Gasteiger partial charge in [-0.05, 0) is 67.3 Å². The van der Waals surface area contributed by atoms with Crippen molar-refractivity contribution in [1.82, 2.24) is 0 Å². The number of carbonyl (C=O) groups is 2. The third-order valence-electron chi connectivity index (χ3n) is 4.71. The van der Waals surface area contributed by atoms with Crippen molar-refractivity contribution in [2.24, 2.45) is 5.92 Å². The Kier molecular flexibility index (Phi) is 10.2. The molecule has 0 saturated carbocycles. The Hall–Kier alpha value is -1.34. The molecule has 7 heteroatoms. The zero-order valence-electron chi connectivity index (χ0n) is 16.8. The van der Waals surface area contributed by atoms with E-state index >= 15 is 0 Å². The van der Waals surface area contributed by atoms with Gasteiger partial charge in [-0.15, -0.1) is 0 Å². The molecule has 0 N–H and O–H groups in total. The first-order chi connectivity index (χ1) is 13.1. The fourth-order valence-electron chi connectivity index (χ4n) is 2.22. The second-order valence-electron chi connectivity index (χ2n) is 7.19. The summed E-state index contributed by atoms with van der Waals surface area (Å²) in [4.78, 5) is 22.5. The molecule has 0 aromatic heterocycles. The Labute approximate surface area is 184 Å². The highest BCUT2D eigenvalue weighted by Crippen LogP contribution is 2.40. The molecule has 0 heterocycles. The fraction of sp³-hybridized carbons (Fsp3) is 0.524. The predicted octanol–water partition coefficient (Wildman–Crippen LogP) is 5.58. The molecule has 0 aliphatic carbocycles. The van der Waals surface area contributed by atoms with E-state index in [1.807, 2.05) is 0 Å². The molecule has 0 amide bonds. The minimum Gasteiger partial charge on any atom is -0.488 e. The molecule has 1 aromatic carbocycles. The van der Waals surface area contributed by atoms with Crippen molar-refractivity contribution in [3.05, 3.63) is 39.3 Å². The molecule has 0 saturated heterocycles. The highest BCUT2D eigenvalue weighted by molar-refractivity contribution is 9.11. The van der Waals surface area contributed by atoms with Gasteiger partial charge < -0.3 is 14.2 Å². The molecule has 0 aliphatic rings. The maximum atomic E-state index is 11.7. The van der Waals surface area contributed by atoms with Crippen LogP contribution in [0.2, 0.25) is 0 Å². The van der Waals surface area contributed by atoms with Gasteiger partial charge in [0.2, 0.25) is 0 Å². The van der Waals surface area contributed by atoms with Crippen LogP contribution in [0.1, 0.15) is 46.1 Å². The fourth-order valence-corrected chi connectivity index (χ4v) is 3.64. The highest BCUT2D eigenvalue weighted by atomic mass is 79.9. The molecule has 1 aromatic rings. The number of benzene rings is 1. The number of hydrogen-bond acceptors (Lipinski definition) is 5. The van der Waals surface area contributed by atoms with Gasteiger partial charge in [-0.1, -0.05) is 34.3 Å². The van der Waals surface area contributed by atoms with Crippen LogP contribution < -0.4 is 4.74 Å². The summed E-state index contributed by atoms with van der Waals surface area (Å²) in [5, 5.41) is 0. The summed E-state index contributed by atoms with van der Waals surface area (Å²) in [5.74, 6) is 0.305. The number of esters is 2. The number of carbonyl (C=O) groups excluding carboxylic acids is 2. The molecule has 0 atom stereocenters. The highest BCUT2D eigenvalue weighted by Gasteiger charge is 2.26. The van der Waals surface area contributed by atoms with Gasteiger partial charge in [0, 0.05) is 12.5 Å². The van der Waals surface area contributed by atoms with Gasteiger partial charge in [-0.2, -0.15) is 0 Å². The van der Waals surface area contributed by atoms with Crippen LogP contribution in [0.5, 0.6) is 5.75 Å². The van der Waals surface area contributed by atoms with E-state index in [1.54, 1.807) is 0 Å². The molecule has 0 radical (unpaired) electrons. The molecular formula is C21H28Br2O5. The third kappa shape index (κ3) is 7.59. The topological polar surface area (TPSA) is 61.8 Å². The average molecular weight is 520 g/mol. The zero-order chi connectivity index (χ0) is 21.3. The van der Waals surface area contributed by atoms with Gasteiger partial charge in [0.15, 0.2) is 0 Å². The van der Waals surface area contributed by atoms with Crippen LogP contribution in [-0.4, -0.2) is 31.8 Å². The monoisotopic (exact) mass is 518 g/mol. The normalized spacial score (nSPS) is 11.2. The maximum absolute atomic E-state index is 11.7. The van der Waals surface area contributed by atoms with E-state index in [-0.39, 0.29) is 37.6 Å². The van der Waals surface area contributed by atoms with Crippen LogP contribution in [0.25, 0.3) is 0 Å². The van der Waals surface area contributed by atoms with Gasteiger partial charge in [-0.3, -0.25) is 4.79 Å². The van der Waals surface area contributed by atoms with Crippen molar-refractivity contribution in [3.8, 4) is 5.75 Å². The lowest BCUT2D eigenvalue weighted by Crippen LogP contribution is -2.24. The Morgan fingerprint density at radius 1 is 1.11 bits per heavy atom. The van der Waals surface area contributed by atoms with Crippen LogP contribution in [0, 0.1) is 5.92 Å². The maximum Gasteiger partial charge on any atom is 0.330 e. The number of rotatable bonds is 11. The first-order valence-corrected chi connectivity index (χ1v) is 10.7. The molecule has 0 spiro atoms. The van der Waals surface area contributed by atoms with Gasteiger partial charge in [-0.25, -0.2) is 4.79 Å². The van der Waals surface area contributed by atoms with E-state index in [2.05, 4.69) is 78.3 Å². The second kappa shape index (κ2) is 11.6. The summed E-state index contributed by atoms with van der Waals surface area (Å²) in [6.45, 7) is 12.7. The van der Waals surface area contributed by atoms with E-state index in [4.69, 9.17) is 14.2 Å². The quantitative estimate of drug-likeness (QED) is 0.217. The Balaban J connectivity index is 2.46. The number of ether oxygens (including phenoxy) is 3. The Morgan fingerprint density at radius 3 is 2.25 bits per heavy atom. The summed E-state index contributed by atoms with van der Waals surface area (Å²) < 4.78 is 17.4. The number of halogens is 2. The lowest BCUT2D eigenvalue weighted by molar-refractivity contribution is -0.146. The molecule has 0 fully saturated rings. The largest absolute Gasteiger partial charge is 0.488 e. The second-order valence-corrected chi connectivity index (χ2v) is 8.90. The first kappa shape index (κ1) is 24.7.